The zero-order chi connectivity index (χ0) is 19.8. The molecule has 0 aromatic heterocycles. The van der Waals surface area contributed by atoms with Gasteiger partial charge in [0.1, 0.15) is 0 Å². The van der Waals surface area contributed by atoms with E-state index < -0.39 is 11.4 Å². The van der Waals surface area contributed by atoms with Crippen molar-refractivity contribution in [3.05, 3.63) is 71.8 Å². The van der Waals surface area contributed by atoms with Crippen LogP contribution in [-0.4, -0.2) is 36.2 Å². The zero-order valence-corrected chi connectivity index (χ0v) is 16.0. The first-order valence-electron chi connectivity index (χ1n) is 9.80. The van der Waals surface area contributed by atoms with Crippen molar-refractivity contribution in [1.82, 2.24) is 5.32 Å². The lowest BCUT2D eigenvalue weighted by molar-refractivity contribution is -0.138. The molecule has 148 valence electrons. The predicted octanol–water partition coefficient (Wildman–Crippen LogP) is 3.33. The highest BCUT2D eigenvalue weighted by Crippen LogP contribution is 2.35. The van der Waals surface area contributed by atoms with Crippen LogP contribution in [-0.2, 0) is 26.2 Å². The summed E-state index contributed by atoms with van der Waals surface area (Å²) in [5.74, 6) is -0.885. The summed E-state index contributed by atoms with van der Waals surface area (Å²) in [5, 5.41) is 12.3. The zero-order valence-electron chi connectivity index (χ0n) is 16.0. The maximum absolute atomic E-state index is 13.5. The summed E-state index contributed by atoms with van der Waals surface area (Å²) in [6, 6.07) is 19.5. The topological polar surface area (TPSA) is 75.6 Å². The van der Waals surface area contributed by atoms with Crippen molar-refractivity contribution in [2.24, 2.45) is 0 Å². The van der Waals surface area contributed by atoms with Crippen molar-refractivity contribution in [2.75, 3.05) is 13.2 Å². The number of amides is 1. The highest BCUT2D eigenvalue weighted by Gasteiger charge is 2.42. The van der Waals surface area contributed by atoms with E-state index in [0.29, 0.717) is 38.9 Å². The summed E-state index contributed by atoms with van der Waals surface area (Å²) in [6.07, 6.45) is 2.29. The molecule has 28 heavy (non-hydrogen) atoms. The molecule has 0 aliphatic carbocycles. The van der Waals surface area contributed by atoms with Gasteiger partial charge >= 0.3 is 5.97 Å². The molecule has 2 aromatic carbocycles. The van der Waals surface area contributed by atoms with E-state index in [9.17, 15) is 9.59 Å². The van der Waals surface area contributed by atoms with Gasteiger partial charge in [-0.25, -0.2) is 0 Å². The lowest BCUT2D eigenvalue weighted by Gasteiger charge is -2.37. The summed E-state index contributed by atoms with van der Waals surface area (Å²) in [4.78, 5) is 24.6. The predicted molar refractivity (Wildman–Crippen MR) is 107 cm³/mol. The van der Waals surface area contributed by atoms with Crippen LogP contribution in [0, 0.1) is 0 Å². The maximum Gasteiger partial charge on any atom is 0.303 e. The second kappa shape index (κ2) is 9.51. The summed E-state index contributed by atoms with van der Waals surface area (Å²) in [7, 11) is 0. The summed E-state index contributed by atoms with van der Waals surface area (Å²) >= 11 is 0. The first-order valence-corrected chi connectivity index (χ1v) is 9.80. The molecule has 1 unspecified atom stereocenters. The molecule has 2 N–H and O–H groups in total. The van der Waals surface area contributed by atoms with Crippen molar-refractivity contribution in [2.45, 2.75) is 43.6 Å². The molecular weight excluding hydrogens is 354 g/mol. The molecule has 5 heteroatoms. The second-order valence-corrected chi connectivity index (χ2v) is 7.35. The lowest BCUT2D eigenvalue weighted by Crippen LogP contribution is -2.51. The molecule has 5 nitrogen and oxygen atoms in total. The van der Waals surface area contributed by atoms with Crippen LogP contribution < -0.4 is 5.32 Å². The van der Waals surface area contributed by atoms with E-state index >= 15 is 0 Å². The number of carboxylic acids is 1. The summed E-state index contributed by atoms with van der Waals surface area (Å²) in [6.45, 7) is 1.08. The molecule has 1 aliphatic rings. The minimum Gasteiger partial charge on any atom is -0.481 e. The number of ether oxygens (including phenoxy) is 1. The van der Waals surface area contributed by atoms with Crippen LogP contribution in [0.3, 0.4) is 0 Å². The number of carboxylic acid groups (broad SMARTS) is 1. The van der Waals surface area contributed by atoms with Crippen LogP contribution in [0.5, 0.6) is 0 Å². The molecule has 2 aromatic rings. The first kappa shape index (κ1) is 20.1. The third kappa shape index (κ3) is 4.98. The van der Waals surface area contributed by atoms with Crippen LogP contribution in [0.25, 0.3) is 0 Å². The third-order valence-electron chi connectivity index (χ3n) is 5.47. The van der Waals surface area contributed by atoms with Gasteiger partial charge in [0, 0.05) is 25.7 Å². The van der Waals surface area contributed by atoms with Crippen molar-refractivity contribution in [3.63, 3.8) is 0 Å². The first-order chi connectivity index (χ1) is 13.6. The number of nitrogens with one attached hydrogen (secondary N) is 1. The molecule has 1 aliphatic heterocycles. The number of hydrogen-bond acceptors (Lipinski definition) is 3. The Hall–Kier alpha value is -2.66. The second-order valence-electron chi connectivity index (χ2n) is 7.35. The largest absolute Gasteiger partial charge is 0.481 e. The molecule has 1 heterocycles. The van der Waals surface area contributed by atoms with Crippen molar-refractivity contribution < 1.29 is 19.4 Å². The smallest absolute Gasteiger partial charge is 0.303 e. The standard InChI is InChI=1S/C23H27NO4/c25-21(26)12-11-20(17-18-7-3-1-4-8-18)24-22(27)23(13-15-28-16-14-23)19-9-5-2-6-10-19/h1-10,20H,11-17H2,(H,24,27)(H,25,26). The van der Waals surface area contributed by atoms with Crippen LogP contribution >= 0.6 is 0 Å². The molecule has 1 saturated heterocycles. The Balaban J connectivity index is 1.80. The molecule has 1 atom stereocenters. The number of rotatable bonds is 8. The number of carbonyl (C=O) groups excluding carboxylic acids is 1. The molecular formula is C23H27NO4. The number of aliphatic carboxylic acids is 1. The average Bonchev–Trinajstić information content (AvgIpc) is 2.74. The van der Waals surface area contributed by atoms with Gasteiger partial charge in [0.05, 0.1) is 5.41 Å². The molecule has 0 spiro atoms. The van der Waals surface area contributed by atoms with Crippen molar-refractivity contribution in [1.29, 1.82) is 0 Å². The Kier molecular flexibility index (Phi) is 6.82. The Morgan fingerprint density at radius 3 is 2.21 bits per heavy atom. The minimum absolute atomic E-state index is 0.0270. The Bertz CT molecular complexity index is 770. The fourth-order valence-electron chi connectivity index (χ4n) is 3.87. The molecule has 1 fully saturated rings. The van der Waals surface area contributed by atoms with Gasteiger partial charge in [-0.15, -0.1) is 0 Å². The van der Waals surface area contributed by atoms with Crippen LogP contribution in [0.2, 0.25) is 0 Å². The minimum atomic E-state index is -0.851. The SMILES string of the molecule is O=C(O)CCC(Cc1ccccc1)NC(=O)C1(c2ccccc2)CCOCC1. The van der Waals surface area contributed by atoms with Gasteiger partial charge in [-0.2, -0.15) is 0 Å². The van der Waals surface area contributed by atoms with Crippen LogP contribution in [0.1, 0.15) is 36.8 Å². The summed E-state index contributed by atoms with van der Waals surface area (Å²) in [5.41, 5.74) is 1.45. The number of hydrogen-bond donors (Lipinski definition) is 2. The van der Waals surface area contributed by atoms with Gasteiger partial charge in [-0.3, -0.25) is 9.59 Å². The van der Waals surface area contributed by atoms with Gasteiger partial charge in [0.15, 0.2) is 0 Å². The van der Waals surface area contributed by atoms with Crippen LogP contribution in [0.15, 0.2) is 60.7 Å². The Labute approximate surface area is 165 Å². The molecule has 0 saturated carbocycles. The van der Waals surface area contributed by atoms with Gasteiger partial charge in [0.2, 0.25) is 5.91 Å². The average molecular weight is 381 g/mol. The number of benzene rings is 2. The van der Waals surface area contributed by atoms with Gasteiger partial charge < -0.3 is 15.2 Å². The summed E-state index contributed by atoms with van der Waals surface area (Å²) < 4.78 is 5.52. The fraction of sp³-hybridized carbons (Fsp3) is 0.391. The van der Waals surface area contributed by atoms with E-state index in [1.54, 1.807) is 0 Å². The molecule has 0 radical (unpaired) electrons. The quantitative estimate of drug-likeness (QED) is 0.735. The van der Waals surface area contributed by atoms with Gasteiger partial charge in [-0.1, -0.05) is 60.7 Å². The molecule has 0 bridgehead atoms. The molecule has 3 rings (SSSR count). The van der Waals surface area contributed by atoms with E-state index in [0.717, 1.165) is 11.1 Å². The number of carbonyl (C=O) groups is 2. The lowest BCUT2D eigenvalue weighted by atomic mass is 9.73. The highest BCUT2D eigenvalue weighted by molar-refractivity contribution is 5.88. The Morgan fingerprint density at radius 2 is 1.61 bits per heavy atom. The van der Waals surface area contributed by atoms with Crippen LogP contribution in [0.4, 0.5) is 0 Å². The van der Waals surface area contributed by atoms with Crippen molar-refractivity contribution in [3.8, 4) is 0 Å². The normalized spacial score (nSPS) is 16.9. The monoisotopic (exact) mass is 381 g/mol. The van der Waals surface area contributed by atoms with E-state index in [2.05, 4.69) is 5.32 Å². The third-order valence-corrected chi connectivity index (χ3v) is 5.47. The fourth-order valence-corrected chi connectivity index (χ4v) is 3.87. The Morgan fingerprint density at radius 1 is 1.00 bits per heavy atom. The highest BCUT2D eigenvalue weighted by atomic mass is 16.5. The van der Waals surface area contributed by atoms with E-state index in [-0.39, 0.29) is 18.4 Å². The van der Waals surface area contributed by atoms with E-state index in [4.69, 9.17) is 9.84 Å². The van der Waals surface area contributed by atoms with E-state index in [1.165, 1.54) is 0 Å². The maximum atomic E-state index is 13.5. The van der Waals surface area contributed by atoms with Gasteiger partial charge in [0.25, 0.3) is 0 Å². The molecule has 1 amide bonds. The van der Waals surface area contributed by atoms with E-state index in [1.807, 2.05) is 60.7 Å². The van der Waals surface area contributed by atoms with Crippen molar-refractivity contribution >= 4 is 11.9 Å². The van der Waals surface area contributed by atoms with Gasteiger partial charge in [-0.05, 0) is 36.8 Å².